The van der Waals surface area contributed by atoms with E-state index in [-0.39, 0.29) is 0 Å². The molecule has 0 fully saturated rings. The van der Waals surface area contributed by atoms with Gasteiger partial charge in [0.15, 0.2) is 0 Å². The molecule has 0 bridgehead atoms. The van der Waals surface area contributed by atoms with Crippen LogP contribution in [0.2, 0.25) is 10.0 Å². The third-order valence-corrected chi connectivity index (χ3v) is 5.66. The van der Waals surface area contributed by atoms with Gasteiger partial charge in [-0.25, -0.2) is 0 Å². The van der Waals surface area contributed by atoms with Gasteiger partial charge in [-0.2, -0.15) is 0 Å². The molecule has 28 heavy (non-hydrogen) atoms. The Hall–Kier alpha value is -1.87. The molecule has 3 aromatic rings. The average molecular weight is 413 g/mol. The Labute approximate surface area is 178 Å². The molecule has 0 atom stereocenters. The van der Waals surface area contributed by atoms with E-state index in [1.165, 1.54) is 16.7 Å². The Morgan fingerprint density at radius 1 is 0.679 bits per heavy atom. The van der Waals surface area contributed by atoms with E-state index in [9.17, 15) is 0 Å². The molecule has 146 valence electrons. The number of rotatable bonds is 10. The Kier molecular flexibility index (Phi) is 8.35. The van der Waals surface area contributed by atoms with Crippen molar-refractivity contribution < 1.29 is 0 Å². The van der Waals surface area contributed by atoms with Crippen molar-refractivity contribution in [2.45, 2.75) is 25.7 Å². The molecule has 0 N–H and O–H groups in total. The molecule has 0 aliphatic heterocycles. The minimum absolute atomic E-state index is 0.613. The standard InChI is InChI=1S/C24H26Cl2N2/c25-23-11-10-21(18-24(23)26)12-16-28(17-13-22-8-4-14-27-19-22)15-5-9-20-6-2-1-3-7-20/h1-4,6-8,10-11,14,18-19H,5,9,12-13,15-17H2. The smallest absolute Gasteiger partial charge is 0.0595 e. The summed E-state index contributed by atoms with van der Waals surface area (Å²) >= 11 is 12.2. The zero-order valence-corrected chi connectivity index (χ0v) is 17.5. The monoisotopic (exact) mass is 412 g/mol. The van der Waals surface area contributed by atoms with E-state index in [0.717, 1.165) is 45.3 Å². The molecule has 0 unspecified atom stereocenters. The summed E-state index contributed by atoms with van der Waals surface area (Å²) < 4.78 is 0. The molecule has 0 amide bonds. The van der Waals surface area contributed by atoms with E-state index < -0.39 is 0 Å². The maximum absolute atomic E-state index is 6.17. The summed E-state index contributed by atoms with van der Waals surface area (Å²) in [7, 11) is 0. The van der Waals surface area contributed by atoms with E-state index in [0.29, 0.717) is 10.0 Å². The zero-order valence-electron chi connectivity index (χ0n) is 16.0. The molecule has 0 aliphatic carbocycles. The van der Waals surface area contributed by atoms with Gasteiger partial charge in [-0.15, -0.1) is 0 Å². The number of hydrogen-bond donors (Lipinski definition) is 0. The van der Waals surface area contributed by atoms with Crippen LogP contribution < -0.4 is 0 Å². The molecule has 1 aromatic heterocycles. The summed E-state index contributed by atoms with van der Waals surface area (Å²) in [6, 6.07) is 20.8. The first kappa shape index (κ1) is 20.9. The maximum atomic E-state index is 6.17. The second-order valence-corrected chi connectivity index (χ2v) is 7.85. The first-order valence-electron chi connectivity index (χ1n) is 9.80. The minimum atomic E-state index is 0.613. The molecular formula is C24H26Cl2N2. The van der Waals surface area contributed by atoms with E-state index >= 15 is 0 Å². The molecule has 0 aliphatic rings. The second kappa shape index (κ2) is 11.2. The highest BCUT2D eigenvalue weighted by atomic mass is 35.5. The third-order valence-electron chi connectivity index (χ3n) is 4.92. The van der Waals surface area contributed by atoms with E-state index in [4.69, 9.17) is 23.2 Å². The number of halogens is 2. The van der Waals surface area contributed by atoms with Crippen molar-refractivity contribution in [3.8, 4) is 0 Å². The zero-order chi connectivity index (χ0) is 19.6. The predicted molar refractivity (Wildman–Crippen MR) is 119 cm³/mol. The van der Waals surface area contributed by atoms with Gasteiger partial charge >= 0.3 is 0 Å². The topological polar surface area (TPSA) is 16.1 Å². The highest BCUT2D eigenvalue weighted by molar-refractivity contribution is 6.42. The lowest BCUT2D eigenvalue weighted by atomic mass is 10.1. The third kappa shape index (κ3) is 6.94. The highest BCUT2D eigenvalue weighted by Gasteiger charge is 2.08. The molecule has 0 spiro atoms. The van der Waals surface area contributed by atoms with Crippen molar-refractivity contribution >= 4 is 23.2 Å². The van der Waals surface area contributed by atoms with Crippen LogP contribution >= 0.6 is 23.2 Å². The summed E-state index contributed by atoms with van der Waals surface area (Å²) in [4.78, 5) is 6.77. The van der Waals surface area contributed by atoms with Crippen molar-refractivity contribution in [1.29, 1.82) is 0 Å². The maximum Gasteiger partial charge on any atom is 0.0595 e. The Bertz CT molecular complexity index is 838. The minimum Gasteiger partial charge on any atom is -0.303 e. The highest BCUT2D eigenvalue weighted by Crippen LogP contribution is 2.23. The van der Waals surface area contributed by atoms with Gasteiger partial charge in [0.25, 0.3) is 0 Å². The Morgan fingerprint density at radius 2 is 1.43 bits per heavy atom. The van der Waals surface area contributed by atoms with Gasteiger partial charge in [0.1, 0.15) is 0 Å². The number of benzene rings is 2. The first-order valence-corrected chi connectivity index (χ1v) is 10.6. The van der Waals surface area contributed by atoms with Gasteiger partial charge in [-0.3, -0.25) is 4.98 Å². The fourth-order valence-electron chi connectivity index (χ4n) is 3.30. The van der Waals surface area contributed by atoms with Crippen LogP contribution in [-0.4, -0.2) is 29.5 Å². The lowest BCUT2D eigenvalue weighted by Gasteiger charge is -2.22. The summed E-state index contributed by atoms with van der Waals surface area (Å²) in [6.07, 6.45) is 8.03. The van der Waals surface area contributed by atoms with Gasteiger partial charge in [0.05, 0.1) is 10.0 Å². The summed E-state index contributed by atoms with van der Waals surface area (Å²) in [5, 5.41) is 1.24. The lowest BCUT2D eigenvalue weighted by molar-refractivity contribution is 0.277. The van der Waals surface area contributed by atoms with E-state index in [2.05, 4.69) is 52.3 Å². The van der Waals surface area contributed by atoms with Gasteiger partial charge < -0.3 is 4.90 Å². The average Bonchev–Trinajstić information content (AvgIpc) is 2.73. The van der Waals surface area contributed by atoms with Gasteiger partial charge in [-0.1, -0.05) is 65.7 Å². The molecule has 1 heterocycles. The van der Waals surface area contributed by atoms with Crippen LogP contribution in [0.25, 0.3) is 0 Å². The number of pyridine rings is 1. The van der Waals surface area contributed by atoms with Crippen LogP contribution in [0.5, 0.6) is 0 Å². The van der Waals surface area contributed by atoms with Crippen molar-refractivity contribution in [3.05, 3.63) is 99.8 Å². The van der Waals surface area contributed by atoms with Crippen molar-refractivity contribution in [2.75, 3.05) is 19.6 Å². The number of hydrogen-bond acceptors (Lipinski definition) is 2. The molecule has 2 aromatic carbocycles. The summed E-state index contributed by atoms with van der Waals surface area (Å²) in [6.45, 7) is 3.12. The lowest BCUT2D eigenvalue weighted by Crippen LogP contribution is -2.30. The van der Waals surface area contributed by atoms with Crippen LogP contribution in [0, 0.1) is 0 Å². The summed E-state index contributed by atoms with van der Waals surface area (Å²) in [5.41, 5.74) is 3.91. The molecule has 0 saturated carbocycles. The van der Waals surface area contributed by atoms with Crippen LogP contribution in [-0.2, 0) is 19.3 Å². The molecule has 3 rings (SSSR count). The van der Waals surface area contributed by atoms with Gasteiger partial charge in [-0.05, 0) is 67.1 Å². The Balaban J connectivity index is 1.55. The Morgan fingerprint density at radius 3 is 2.14 bits per heavy atom. The van der Waals surface area contributed by atoms with Crippen LogP contribution in [0.3, 0.4) is 0 Å². The van der Waals surface area contributed by atoms with E-state index in [1.807, 2.05) is 30.6 Å². The van der Waals surface area contributed by atoms with Crippen LogP contribution in [0.4, 0.5) is 0 Å². The van der Waals surface area contributed by atoms with E-state index in [1.54, 1.807) is 0 Å². The number of aryl methyl sites for hydroxylation is 1. The second-order valence-electron chi connectivity index (χ2n) is 7.04. The van der Waals surface area contributed by atoms with Gasteiger partial charge in [0.2, 0.25) is 0 Å². The van der Waals surface area contributed by atoms with Crippen molar-refractivity contribution in [3.63, 3.8) is 0 Å². The molecule has 2 nitrogen and oxygen atoms in total. The number of nitrogens with zero attached hydrogens (tertiary/aromatic N) is 2. The van der Waals surface area contributed by atoms with Crippen molar-refractivity contribution in [1.82, 2.24) is 9.88 Å². The SMILES string of the molecule is Clc1ccc(CCN(CCCc2ccccc2)CCc2cccnc2)cc1Cl. The fraction of sp³-hybridized carbons (Fsp3) is 0.292. The fourth-order valence-corrected chi connectivity index (χ4v) is 3.62. The first-order chi connectivity index (χ1) is 13.7. The largest absolute Gasteiger partial charge is 0.303 e. The molecule has 4 heteroatoms. The predicted octanol–water partition coefficient (Wildman–Crippen LogP) is 6.11. The molecule has 0 saturated heterocycles. The molecular weight excluding hydrogens is 387 g/mol. The van der Waals surface area contributed by atoms with Crippen molar-refractivity contribution in [2.24, 2.45) is 0 Å². The quantitative estimate of drug-likeness (QED) is 0.399. The molecule has 0 radical (unpaired) electrons. The van der Waals surface area contributed by atoms with Crippen LogP contribution in [0.15, 0.2) is 73.1 Å². The normalized spacial score (nSPS) is 11.1. The number of aromatic nitrogens is 1. The summed E-state index contributed by atoms with van der Waals surface area (Å²) in [5.74, 6) is 0. The van der Waals surface area contributed by atoms with Crippen LogP contribution in [0.1, 0.15) is 23.1 Å². The van der Waals surface area contributed by atoms with Gasteiger partial charge in [0, 0.05) is 25.5 Å².